The molecule has 0 saturated heterocycles. The Morgan fingerprint density at radius 1 is 1.40 bits per heavy atom. The summed E-state index contributed by atoms with van der Waals surface area (Å²) in [7, 11) is 0. The normalized spacial score (nSPS) is 34.0. The number of hydrogen-bond acceptors (Lipinski definition) is 3. The highest BCUT2D eigenvalue weighted by Gasteiger charge is 2.62. The molecule has 20 heavy (non-hydrogen) atoms. The van der Waals surface area contributed by atoms with Crippen LogP contribution in [-0.4, -0.2) is 25.3 Å². The smallest absolute Gasteiger partial charge is 0.336 e. The predicted octanol–water partition coefficient (Wildman–Crippen LogP) is 3.50. The molecule has 2 rings (SSSR count). The van der Waals surface area contributed by atoms with Gasteiger partial charge < -0.3 is 9.47 Å². The minimum atomic E-state index is -0.316. The lowest BCUT2D eigenvalue weighted by molar-refractivity contribution is -0.152. The van der Waals surface area contributed by atoms with E-state index in [9.17, 15) is 4.79 Å². The Morgan fingerprint density at radius 3 is 2.60 bits per heavy atom. The van der Waals surface area contributed by atoms with Crippen LogP contribution in [0.5, 0.6) is 0 Å². The van der Waals surface area contributed by atoms with Crippen molar-refractivity contribution in [2.45, 2.75) is 46.1 Å². The van der Waals surface area contributed by atoms with Crippen LogP contribution < -0.4 is 0 Å². The number of ether oxygens (including phenoxy) is 2. The summed E-state index contributed by atoms with van der Waals surface area (Å²) in [4.78, 5) is 12.1. The lowest BCUT2D eigenvalue weighted by atomic mass is 9.70. The van der Waals surface area contributed by atoms with E-state index in [1.54, 1.807) is 6.08 Å². The van der Waals surface area contributed by atoms with Crippen LogP contribution in [0, 0.1) is 16.7 Å². The topological polar surface area (TPSA) is 35.5 Å². The van der Waals surface area contributed by atoms with Crippen LogP contribution in [-0.2, 0) is 14.3 Å². The first-order chi connectivity index (χ1) is 9.33. The zero-order valence-corrected chi connectivity index (χ0v) is 12.9. The van der Waals surface area contributed by atoms with E-state index in [4.69, 9.17) is 9.47 Å². The molecule has 0 aliphatic heterocycles. The van der Waals surface area contributed by atoms with Gasteiger partial charge in [-0.05, 0) is 30.6 Å². The van der Waals surface area contributed by atoms with Crippen LogP contribution >= 0.6 is 0 Å². The quantitative estimate of drug-likeness (QED) is 0.323. The van der Waals surface area contributed by atoms with E-state index in [2.05, 4.69) is 33.9 Å². The highest BCUT2D eigenvalue weighted by Crippen LogP contribution is 2.66. The summed E-state index contributed by atoms with van der Waals surface area (Å²) in [5.74, 6) is 0.346. The van der Waals surface area contributed by atoms with Gasteiger partial charge in [0.15, 0.2) is 0 Å². The highest BCUT2D eigenvalue weighted by molar-refractivity contribution is 5.88. The summed E-state index contributed by atoms with van der Waals surface area (Å²) in [5.41, 5.74) is 0.727. The molecule has 3 heteroatoms. The molecule has 112 valence electrons. The predicted molar refractivity (Wildman–Crippen MR) is 79.3 cm³/mol. The number of esters is 1. The molecule has 2 aliphatic rings. The maximum atomic E-state index is 12.1. The number of fused-ring (bicyclic) bond motifs is 2. The van der Waals surface area contributed by atoms with Gasteiger partial charge in [-0.25, -0.2) is 4.79 Å². The highest BCUT2D eigenvalue weighted by atomic mass is 16.5. The van der Waals surface area contributed by atoms with Crippen LogP contribution in [0.1, 0.15) is 40.0 Å². The second kappa shape index (κ2) is 5.36. The molecule has 0 aromatic rings. The van der Waals surface area contributed by atoms with Gasteiger partial charge in [0.25, 0.3) is 0 Å². The molecule has 2 saturated carbocycles. The van der Waals surface area contributed by atoms with Gasteiger partial charge in [-0.3, -0.25) is 0 Å². The average Bonchev–Trinajstić information content (AvgIpc) is 2.72. The molecule has 2 bridgehead atoms. The van der Waals surface area contributed by atoms with Crippen LogP contribution in [0.2, 0.25) is 0 Å². The van der Waals surface area contributed by atoms with Gasteiger partial charge in [0, 0.05) is 5.41 Å². The van der Waals surface area contributed by atoms with Crippen molar-refractivity contribution in [2.24, 2.45) is 16.7 Å². The summed E-state index contributed by atoms with van der Waals surface area (Å²) >= 11 is 0. The minimum Gasteiger partial charge on any atom is -0.458 e. The van der Waals surface area contributed by atoms with E-state index in [0.717, 1.165) is 12.8 Å². The SMILES string of the molecule is C=CCOCC(=C)C(=O)OC1C[C@H]2CC[C@@]1(C)C2(C)C. The van der Waals surface area contributed by atoms with Crippen molar-refractivity contribution in [3.63, 3.8) is 0 Å². The Labute approximate surface area is 122 Å². The van der Waals surface area contributed by atoms with Crippen molar-refractivity contribution in [1.29, 1.82) is 0 Å². The van der Waals surface area contributed by atoms with Gasteiger partial charge >= 0.3 is 5.97 Å². The Bertz CT molecular complexity index is 424. The lowest BCUT2D eigenvalue weighted by Gasteiger charge is -2.38. The molecule has 1 unspecified atom stereocenters. The summed E-state index contributed by atoms with van der Waals surface area (Å²) in [5, 5.41) is 0. The fourth-order valence-electron chi connectivity index (χ4n) is 3.85. The van der Waals surface area contributed by atoms with E-state index in [1.165, 1.54) is 6.42 Å². The molecule has 2 aliphatic carbocycles. The minimum absolute atomic E-state index is 0.0138. The molecule has 2 fully saturated rings. The Hall–Kier alpha value is -1.09. The van der Waals surface area contributed by atoms with Crippen molar-refractivity contribution in [3.05, 3.63) is 24.8 Å². The Morgan fingerprint density at radius 2 is 2.10 bits per heavy atom. The monoisotopic (exact) mass is 278 g/mol. The largest absolute Gasteiger partial charge is 0.458 e. The first-order valence-electron chi connectivity index (χ1n) is 7.40. The standard InChI is InChI=1S/C17H26O3/c1-6-9-19-11-12(2)15(18)20-14-10-13-7-8-17(14,5)16(13,3)4/h6,13-14H,1-2,7-11H2,3-5H3/t13-,14?,17-/m1/s1. The van der Waals surface area contributed by atoms with E-state index >= 15 is 0 Å². The third kappa shape index (κ3) is 2.32. The molecule has 3 atom stereocenters. The lowest BCUT2D eigenvalue weighted by Crippen LogP contribution is -2.38. The van der Waals surface area contributed by atoms with E-state index in [-0.39, 0.29) is 29.5 Å². The second-order valence-electron chi connectivity index (χ2n) is 6.91. The van der Waals surface area contributed by atoms with Gasteiger partial charge in [0.05, 0.1) is 18.8 Å². The molecule has 0 aromatic carbocycles. The fraction of sp³-hybridized carbons (Fsp3) is 0.706. The third-order valence-corrected chi connectivity index (χ3v) is 5.76. The Balaban J connectivity index is 1.93. The molecule has 0 heterocycles. The second-order valence-corrected chi connectivity index (χ2v) is 6.91. The van der Waals surface area contributed by atoms with Gasteiger partial charge in [-0.2, -0.15) is 0 Å². The van der Waals surface area contributed by atoms with Crippen molar-refractivity contribution in [2.75, 3.05) is 13.2 Å². The molecule has 0 radical (unpaired) electrons. The van der Waals surface area contributed by atoms with Crippen molar-refractivity contribution in [1.82, 2.24) is 0 Å². The maximum Gasteiger partial charge on any atom is 0.336 e. The van der Waals surface area contributed by atoms with E-state index < -0.39 is 0 Å². The van der Waals surface area contributed by atoms with Crippen molar-refractivity contribution >= 4 is 5.97 Å². The van der Waals surface area contributed by atoms with Crippen molar-refractivity contribution < 1.29 is 14.3 Å². The maximum absolute atomic E-state index is 12.1. The molecule has 0 amide bonds. The molecular weight excluding hydrogens is 252 g/mol. The van der Waals surface area contributed by atoms with Crippen molar-refractivity contribution in [3.8, 4) is 0 Å². The fourth-order valence-corrected chi connectivity index (χ4v) is 3.85. The average molecular weight is 278 g/mol. The zero-order chi connectivity index (χ0) is 15.0. The van der Waals surface area contributed by atoms with Gasteiger partial charge in [0.2, 0.25) is 0 Å². The van der Waals surface area contributed by atoms with Crippen LogP contribution in [0.25, 0.3) is 0 Å². The van der Waals surface area contributed by atoms with Gasteiger partial charge in [-0.15, -0.1) is 6.58 Å². The summed E-state index contributed by atoms with van der Waals surface area (Å²) in [6.07, 6.45) is 5.04. The summed E-state index contributed by atoms with van der Waals surface area (Å²) in [6, 6.07) is 0. The molecule has 3 nitrogen and oxygen atoms in total. The zero-order valence-electron chi connectivity index (χ0n) is 12.9. The first kappa shape index (κ1) is 15.3. The van der Waals surface area contributed by atoms with Crippen LogP contribution in [0.15, 0.2) is 24.8 Å². The summed E-state index contributed by atoms with van der Waals surface area (Å²) < 4.78 is 11.0. The number of hydrogen-bond donors (Lipinski definition) is 0. The molecule has 0 aromatic heterocycles. The number of rotatable bonds is 6. The van der Waals surface area contributed by atoms with Gasteiger partial charge in [-0.1, -0.05) is 33.4 Å². The molecule has 0 N–H and O–H groups in total. The number of carbonyl (C=O) groups excluding carboxylic acids is 1. The molecule has 0 spiro atoms. The van der Waals surface area contributed by atoms with E-state index in [0.29, 0.717) is 18.1 Å². The van der Waals surface area contributed by atoms with Gasteiger partial charge in [0.1, 0.15) is 6.10 Å². The summed E-state index contributed by atoms with van der Waals surface area (Å²) in [6.45, 7) is 14.8. The molecular formula is C17H26O3. The van der Waals surface area contributed by atoms with Crippen LogP contribution in [0.3, 0.4) is 0 Å². The Kier molecular flexibility index (Phi) is 4.10. The first-order valence-corrected chi connectivity index (χ1v) is 7.40. The number of carbonyl (C=O) groups is 1. The van der Waals surface area contributed by atoms with E-state index in [1.807, 2.05) is 0 Å². The third-order valence-electron chi connectivity index (χ3n) is 5.76. The van der Waals surface area contributed by atoms with Crippen LogP contribution in [0.4, 0.5) is 0 Å².